The summed E-state index contributed by atoms with van der Waals surface area (Å²) in [5, 5.41) is 14.6. The zero-order valence-electron chi connectivity index (χ0n) is 15.8. The van der Waals surface area contributed by atoms with E-state index in [2.05, 4.69) is 27.0 Å². The quantitative estimate of drug-likeness (QED) is 0.270. The van der Waals surface area contributed by atoms with Crippen molar-refractivity contribution in [2.45, 2.75) is 5.03 Å². The number of rotatable bonds is 7. The van der Waals surface area contributed by atoms with Crippen LogP contribution in [0.15, 0.2) is 64.6 Å². The van der Waals surface area contributed by atoms with Gasteiger partial charge in [-0.25, -0.2) is 9.67 Å². The lowest BCUT2D eigenvalue weighted by Crippen LogP contribution is -2.36. The Balaban J connectivity index is 1.76. The summed E-state index contributed by atoms with van der Waals surface area (Å²) in [6, 6.07) is 18.2. The summed E-state index contributed by atoms with van der Waals surface area (Å²) >= 11 is 1.37. The lowest BCUT2D eigenvalue weighted by atomic mass is 10.2. The highest BCUT2D eigenvalue weighted by molar-refractivity contribution is 7.98. The number of hydrogen-bond donors (Lipinski definition) is 2. The molecule has 2 aromatic carbocycles. The van der Waals surface area contributed by atoms with Crippen LogP contribution in [0.2, 0.25) is 0 Å². The highest BCUT2D eigenvalue weighted by Crippen LogP contribution is 2.30. The first kappa shape index (κ1) is 20.0. The van der Waals surface area contributed by atoms with Crippen LogP contribution < -0.4 is 15.6 Å². The summed E-state index contributed by atoms with van der Waals surface area (Å²) < 4.78 is 6.66. The Morgan fingerprint density at radius 3 is 2.59 bits per heavy atom. The molecular weight excluding hydrogens is 388 g/mol. The van der Waals surface area contributed by atoms with Gasteiger partial charge in [-0.1, -0.05) is 18.2 Å². The summed E-state index contributed by atoms with van der Waals surface area (Å²) in [6.45, 7) is 0. The van der Waals surface area contributed by atoms with Crippen LogP contribution in [0.4, 0.5) is 5.82 Å². The Morgan fingerprint density at radius 2 is 1.97 bits per heavy atom. The second kappa shape index (κ2) is 9.43. The van der Waals surface area contributed by atoms with Crippen molar-refractivity contribution in [3.05, 3.63) is 65.7 Å². The van der Waals surface area contributed by atoms with Crippen LogP contribution in [-0.2, 0) is 0 Å². The van der Waals surface area contributed by atoms with Crippen molar-refractivity contribution in [1.29, 1.82) is 5.26 Å². The Hall–Kier alpha value is -3.77. The Labute approximate surface area is 172 Å². The SMILES string of the molecule is COc1ccc(C(=O)NN/C=N/c2c(C#N)c(SC)nn2-c2ccccc2)cc1. The van der Waals surface area contributed by atoms with E-state index in [-0.39, 0.29) is 5.91 Å². The Kier molecular flexibility index (Phi) is 6.50. The molecule has 1 heterocycles. The van der Waals surface area contributed by atoms with Crippen LogP contribution in [0.3, 0.4) is 0 Å². The van der Waals surface area contributed by atoms with Gasteiger partial charge in [-0.2, -0.15) is 10.4 Å². The van der Waals surface area contributed by atoms with Crippen molar-refractivity contribution in [3.63, 3.8) is 0 Å². The predicted octanol–water partition coefficient (Wildman–Crippen LogP) is 3.07. The predicted molar refractivity (Wildman–Crippen MR) is 112 cm³/mol. The van der Waals surface area contributed by atoms with Gasteiger partial charge in [0.1, 0.15) is 28.7 Å². The molecule has 0 spiro atoms. The van der Waals surface area contributed by atoms with Gasteiger partial charge in [-0.05, 0) is 42.7 Å². The molecule has 0 saturated heterocycles. The first-order valence-corrected chi connectivity index (χ1v) is 9.75. The molecule has 146 valence electrons. The number of carbonyl (C=O) groups excluding carboxylic acids is 1. The topological polar surface area (TPSA) is 104 Å². The molecule has 0 radical (unpaired) electrons. The number of para-hydroxylation sites is 1. The monoisotopic (exact) mass is 406 g/mol. The first-order chi connectivity index (χ1) is 14.2. The number of hydrogen-bond acceptors (Lipinski definition) is 6. The van der Waals surface area contributed by atoms with Crippen molar-refractivity contribution >= 4 is 29.8 Å². The first-order valence-electron chi connectivity index (χ1n) is 8.53. The van der Waals surface area contributed by atoms with E-state index >= 15 is 0 Å². The minimum atomic E-state index is -0.332. The minimum absolute atomic E-state index is 0.332. The van der Waals surface area contributed by atoms with Crippen molar-refractivity contribution in [2.24, 2.45) is 4.99 Å². The van der Waals surface area contributed by atoms with Crippen molar-refractivity contribution in [1.82, 2.24) is 20.6 Å². The number of ether oxygens (including phenoxy) is 1. The van der Waals surface area contributed by atoms with Crippen LogP contribution in [0.25, 0.3) is 5.69 Å². The molecule has 1 amide bonds. The summed E-state index contributed by atoms with van der Waals surface area (Å²) in [5.41, 5.74) is 6.77. The average Bonchev–Trinajstić information content (AvgIpc) is 3.14. The number of benzene rings is 2. The molecule has 0 aliphatic rings. The molecule has 9 heteroatoms. The molecule has 2 N–H and O–H groups in total. The number of nitriles is 1. The number of hydrazine groups is 1. The van der Waals surface area contributed by atoms with Gasteiger partial charge in [0.25, 0.3) is 5.91 Å². The second-order valence-corrected chi connectivity index (χ2v) is 6.45. The van der Waals surface area contributed by atoms with Gasteiger partial charge in [0.15, 0.2) is 5.82 Å². The molecule has 8 nitrogen and oxygen atoms in total. The maximum absolute atomic E-state index is 12.2. The van der Waals surface area contributed by atoms with E-state index in [1.807, 2.05) is 36.6 Å². The number of thioether (sulfide) groups is 1. The van der Waals surface area contributed by atoms with Gasteiger partial charge in [-0.15, -0.1) is 11.8 Å². The Morgan fingerprint density at radius 1 is 1.24 bits per heavy atom. The molecule has 0 aliphatic heterocycles. The van der Waals surface area contributed by atoms with E-state index in [9.17, 15) is 10.1 Å². The second-order valence-electron chi connectivity index (χ2n) is 5.65. The fourth-order valence-electron chi connectivity index (χ4n) is 2.50. The fourth-order valence-corrected chi connectivity index (χ4v) is 3.01. The van der Waals surface area contributed by atoms with Crippen LogP contribution in [0.1, 0.15) is 15.9 Å². The van der Waals surface area contributed by atoms with Gasteiger partial charge in [0.05, 0.1) is 12.8 Å². The third-order valence-corrected chi connectivity index (χ3v) is 4.60. The van der Waals surface area contributed by atoms with Gasteiger partial charge < -0.3 is 4.74 Å². The van der Waals surface area contributed by atoms with Crippen LogP contribution in [0, 0.1) is 11.3 Å². The molecule has 0 aliphatic carbocycles. The van der Waals surface area contributed by atoms with Gasteiger partial charge in [0, 0.05) is 5.56 Å². The third-order valence-electron chi connectivity index (χ3n) is 3.92. The number of nitrogens with one attached hydrogen (secondary N) is 2. The lowest BCUT2D eigenvalue weighted by Gasteiger charge is -2.06. The summed E-state index contributed by atoms with van der Waals surface area (Å²) in [4.78, 5) is 16.5. The number of amides is 1. The van der Waals surface area contributed by atoms with E-state index in [1.165, 1.54) is 18.1 Å². The minimum Gasteiger partial charge on any atom is -0.497 e. The smallest absolute Gasteiger partial charge is 0.269 e. The average molecular weight is 406 g/mol. The number of aromatic nitrogens is 2. The molecule has 0 fully saturated rings. The van der Waals surface area contributed by atoms with Crippen molar-refractivity contribution < 1.29 is 9.53 Å². The molecular formula is C20H18N6O2S. The number of methoxy groups -OCH3 is 1. The van der Waals surface area contributed by atoms with Crippen molar-refractivity contribution in [3.8, 4) is 17.5 Å². The van der Waals surface area contributed by atoms with E-state index < -0.39 is 0 Å². The highest BCUT2D eigenvalue weighted by atomic mass is 32.2. The van der Waals surface area contributed by atoms with E-state index in [0.717, 1.165) is 5.69 Å². The van der Waals surface area contributed by atoms with Crippen LogP contribution in [-0.4, -0.2) is 35.4 Å². The maximum Gasteiger partial charge on any atom is 0.269 e. The number of aliphatic imine (C=N–C) groups is 1. The normalized spacial score (nSPS) is 10.5. The summed E-state index contributed by atoms with van der Waals surface area (Å²) in [7, 11) is 1.56. The van der Waals surface area contributed by atoms with E-state index in [0.29, 0.717) is 27.7 Å². The fraction of sp³-hybridized carbons (Fsp3) is 0.100. The van der Waals surface area contributed by atoms with Gasteiger partial charge >= 0.3 is 0 Å². The van der Waals surface area contributed by atoms with E-state index in [4.69, 9.17) is 4.74 Å². The largest absolute Gasteiger partial charge is 0.497 e. The lowest BCUT2D eigenvalue weighted by molar-refractivity contribution is 0.0944. The molecule has 0 saturated carbocycles. The third kappa shape index (κ3) is 4.56. The summed E-state index contributed by atoms with van der Waals surface area (Å²) in [5.74, 6) is 0.703. The molecule has 0 bridgehead atoms. The number of carbonyl (C=O) groups is 1. The molecule has 29 heavy (non-hydrogen) atoms. The zero-order chi connectivity index (χ0) is 20.6. The standard InChI is InChI=1S/C20H18N6O2S/c1-28-16-10-8-14(9-11-16)19(27)24-23-13-22-18-17(12-21)20(29-2)25-26(18)15-6-4-3-5-7-15/h3-11,13H,1-2H3,(H,22,23)(H,24,27). The highest BCUT2D eigenvalue weighted by Gasteiger charge is 2.17. The molecule has 3 aromatic rings. The maximum atomic E-state index is 12.2. The van der Waals surface area contributed by atoms with Crippen LogP contribution >= 0.6 is 11.8 Å². The van der Waals surface area contributed by atoms with Crippen LogP contribution in [0.5, 0.6) is 5.75 Å². The Bertz CT molecular complexity index is 1060. The molecule has 0 atom stereocenters. The molecule has 0 unspecified atom stereocenters. The van der Waals surface area contributed by atoms with Gasteiger partial charge in [0.2, 0.25) is 0 Å². The molecule has 1 aromatic heterocycles. The van der Waals surface area contributed by atoms with E-state index in [1.54, 1.807) is 36.1 Å². The number of nitrogens with zero attached hydrogens (tertiary/aromatic N) is 4. The summed E-state index contributed by atoms with van der Waals surface area (Å²) in [6.07, 6.45) is 3.15. The zero-order valence-corrected chi connectivity index (χ0v) is 16.6. The molecule has 3 rings (SSSR count). The van der Waals surface area contributed by atoms with Crippen molar-refractivity contribution in [2.75, 3.05) is 13.4 Å². The van der Waals surface area contributed by atoms with Gasteiger partial charge in [-0.3, -0.25) is 15.6 Å².